The number of benzene rings is 1. The van der Waals surface area contributed by atoms with E-state index >= 15 is 0 Å². The third-order valence-corrected chi connectivity index (χ3v) is 3.23. The average Bonchev–Trinajstić information content (AvgIpc) is 2.18. The van der Waals surface area contributed by atoms with E-state index in [-0.39, 0.29) is 0 Å². The number of hydrogen-bond donors (Lipinski definition) is 1. The molecule has 14 heavy (non-hydrogen) atoms. The number of aryl methyl sites for hydroxylation is 1. The molecule has 0 fully saturated rings. The molecule has 1 nitrogen and oxygen atoms in total. The molecule has 0 aromatic heterocycles. The van der Waals surface area contributed by atoms with Gasteiger partial charge in [0.15, 0.2) is 0 Å². The Bertz CT molecular complexity index is 352. The van der Waals surface area contributed by atoms with Crippen molar-refractivity contribution in [3.63, 3.8) is 0 Å². The third kappa shape index (κ3) is 2.60. The SMILES string of the molecule is C#CCCC(O)c1cccc(C)c1Br. The lowest BCUT2D eigenvalue weighted by molar-refractivity contribution is 0.168. The lowest BCUT2D eigenvalue weighted by atomic mass is 10.0. The minimum Gasteiger partial charge on any atom is -0.388 e. The summed E-state index contributed by atoms with van der Waals surface area (Å²) in [4.78, 5) is 0. The van der Waals surface area contributed by atoms with Crippen LogP contribution in [0, 0.1) is 19.3 Å². The van der Waals surface area contributed by atoms with Gasteiger partial charge in [-0.3, -0.25) is 0 Å². The Morgan fingerprint density at radius 2 is 2.29 bits per heavy atom. The van der Waals surface area contributed by atoms with Gasteiger partial charge in [0.1, 0.15) is 0 Å². The monoisotopic (exact) mass is 252 g/mol. The largest absolute Gasteiger partial charge is 0.388 e. The van der Waals surface area contributed by atoms with Crippen LogP contribution >= 0.6 is 15.9 Å². The number of rotatable bonds is 3. The van der Waals surface area contributed by atoms with Crippen molar-refractivity contribution in [2.75, 3.05) is 0 Å². The van der Waals surface area contributed by atoms with E-state index in [1.54, 1.807) is 0 Å². The molecular formula is C12H13BrO. The maximum atomic E-state index is 9.83. The van der Waals surface area contributed by atoms with Crippen LogP contribution in [-0.4, -0.2) is 5.11 Å². The minimum absolute atomic E-state index is 0.472. The normalized spacial score (nSPS) is 12.1. The Morgan fingerprint density at radius 3 is 2.93 bits per heavy atom. The van der Waals surface area contributed by atoms with Gasteiger partial charge in [0.2, 0.25) is 0 Å². The van der Waals surface area contributed by atoms with Gasteiger partial charge in [0, 0.05) is 10.9 Å². The predicted molar refractivity (Wildman–Crippen MR) is 61.9 cm³/mol. The van der Waals surface area contributed by atoms with Crippen molar-refractivity contribution in [1.29, 1.82) is 0 Å². The summed E-state index contributed by atoms with van der Waals surface area (Å²) in [7, 11) is 0. The quantitative estimate of drug-likeness (QED) is 0.820. The molecule has 0 aliphatic heterocycles. The van der Waals surface area contributed by atoms with Gasteiger partial charge in [0.25, 0.3) is 0 Å². The average molecular weight is 253 g/mol. The maximum Gasteiger partial charge on any atom is 0.0810 e. The Hall–Kier alpha value is -0.780. The standard InChI is InChI=1S/C12H13BrO/c1-3-4-8-11(14)10-7-5-6-9(2)12(10)13/h1,5-7,11,14H,4,8H2,2H3. The number of halogens is 1. The number of aliphatic hydroxyl groups excluding tert-OH is 1. The number of terminal acetylenes is 1. The van der Waals surface area contributed by atoms with Gasteiger partial charge < -0.3 is 5.11 Å². The summed E-state index contributed by atoms with van der Waals surface area (Å²) in [5.74, 6) is 2.53. The highest BCUT2D eigenvalue weighted by Crippen LogP contribution is 2.28. The van der Waals surface area contributed by atoms with Crippen molar-refractivity contribution in [1.82, 2.24) is 0 Å². The highest BCUT2D eigenvalue weighted by atomic mass is 79.9. The smallest absolute Gasteiger partial charge is 0.0810 e. The first-order chi connectivity index (χ1) is 6.66. The van der Waals surface area contributed by atoms with Crippen molar-refractivity contribution in [2.24, 2.45) is 0 Å². The first-order valence-electron chi connectivity index (χ1n) is 4.53. The summed E-state index contributed by atoms with van der Waals surface area (Å²) >= 11 is 3.46. The second kappa shape index (κ2) is 5.19. The molecular weight excluding hydrogens is 240 g/mol. The van der Waals surface area contributed by atoms with E-state index in [9.17, 15) is 5.11 Å². The Labute approximate surface area is 93.3 Å². The Morgan fingerprint density at radius 1 is 1.57 bits per heavy atom. The van der Waals surface area contributed by atoms with Crippen molar-refractivity contribution < 1.29 is 5.11 Å². The van der Waals surface area contributed by atoms with Crippen LogP contribution in [0.25, 0.3) is 0 Å². The van der Waals surface area contributed by atoms with Gasteiger partial charge in [-0.15, -0.1) is 12.3 Å². The molecule has 1 unspecified atom stereocenters. The molecule has 1 atom stereocenters. The van der Waals surface area contributed by atoms with E-state index in [2.05, 4.69) is 21.9 Å². The summed E-state index contributed by atoms with van der Waals surface area (Å²) in [5, 5.41) is 9.83. The van der Waals surface area contributed by atoms with E-state index in [0.717, 1.165) is 15.6 Å². The Balaban J connectivity index is 2.85. The summed E-state index contributed by atoms with van der Waals surface area (Å²) in [6.45, 7) is 2.00. The van der Waals surface area contributed by atoms with Gasteiger partial charge in [-0.05, 0) is 24.5 Å². The van der Waals surface area contributed by atoms with Gasteiger partial charge in [0.05, 0.1) is 6.10 Å². The number of hydrogen-bond acceptors (Lipinski definition) is 1. The van der Waals surface area contributed by atoms with Crippen molar-refractivity contribution >= 4 is 15.9 Å². The minimum atomic E-state index is -0.472. The second-order valence-corrected chi connectivity index (χ2v) is 4.03. The van der Waals surface area contributed by atoms with Crippen molar-refractivity contribution in [3.8, 4) is 12.3 Å². The molecule has 2 heteroatoms. The van der Waals surface area contributed by atoms with Gasteiger partial charge >= 0.3 is 0 Å². The fraction of sp³-hybridized carbons (Fsp3) is 0.333. The fourth-order valence-electron chi connectivity index (χ4n) is 1.30. The van der Waals surface area contributed by atoms with Gasteiger partial charge in [-0.1, -0.05) is 34.1 Å². The van der Waals surface area contributed by atoms with Crippen molar-refractivity contribution in [3.05, 3.63) is 33.8 Å². The van der Waals surface area contributed by atoms with Crippen LogP contribution in [0.1, 0.15) is 30.1 Å². The first kappa shape index (κ1) is 11.3. The van der Waals surface area contributed by atoms with E-state index in [1.165, 1.54) is 0 Å². The summed E-state index contributed by atoms with van der Waals surface area (Å²) < 4.78 is 0.976. The molecule has 1 N–H and O–H groups in total. The lowest BCUT2D eigenvalue weighted by Gasteiger charge is -2.12. The second-order valence-electron chi connectivity index (χ2n) is 3.24. The first-order valence-corrected chi connectivity index (χ1v) is 5.32. The molecule has 74 valence electrons. The van der Waals surface area contributed by atoms with Crippen LogP contribution < -0.4 is 0 Å². The predicted octanol–water partition coefficient (Wildman–Crippen LogP) is 3.20. The van der Waals surface area contributed by atoms with E-state index < -0.39 is 6.10 Å². The molecule has 1 aromatic carbocycles. The molecule has 0 aliphatic rings. The Kier molecular flexibility index (Phi) is 4.19. The number of aliphatic hydroxyl groups is 1. The molecule has 1 rings (SSSR count). The van der Waals surface area contributed by atoms with E-state index in [1.807, 2.05) is 25.1 Å². The molecule has 1 aromatic rings. The van der Waals surface area contributed by atoms with Crippen LogP contribution in [-0.2, 0) is 0 Å². The molecule has 0 aliphatic carbocycles. The van der Waals surface area contributed by atoms with Crippen LogP contribution in [0.4, 0.5) is 0 Å². The summed E-state index contributed by atoms with van der Waals surface area (Å²) in [6.07, 6.45) is 5.89. The summed E-state index contributed by atoms with van der Waals surface area (Å²) in [5.41, 5.74) is 2.04. The molecule has 0 spiro atoms. The molecule has 0 heterocycles. The van der Waals surface area contributed by atoms with Crippen LogP contribution in [0.15, 0.2) is 22.7 Å². The maximum absolute atomic E-state index is 9.83. The molecule has 0 bridgehead atoms. The topological polar surface area (TPSA) is 20.2 Å². The van der Waals surface area contributed by atoms with Crippen LogP contribution in [0.5, 0.6) is 0 Å². The van der Waals surface area contributed by atoms with Crippen molar-refractivity contribution in [2.45, 2.75) is 25.9 Å². The van der Waals surface area contributed by atoms with Gasteiger partial charge in [-0.25, -0.2) is 0 Å². The zero-order chi connectivity index (χ0) is 10.6. The van der Waals surface area contributed by atoms with E-state index in [0.29, 0.717) is 12.8 Å². The molecule has 0 radical (unpaired) electrons. The highest BCUT2D eigenvalue weighted by molar-refractivity contribution is 9.10. The fourth-order valence-corrected chi connectivity index (χ4v) is 1.83. The molecule has 0 amide bonds. The zero-order valence-electron chi connectivity index (χ0n) is 8.13. The molecule has 0 saturated carbocycles. The zero-order valence-corrected chi connectivity index (χ0v) is 9.71. The van der Waals surface area contributed by atoms with Crippen LogP contribution in [0.2, 0.25) is 0 Å². The van der Waals surface area contributed by atoms with Crippen LogP contribution in [0.3, 0.4) is 0 Å². The lowest BCUT2D eigenvalue weighted by Crippen LogP contribution is -1.98. The highest BCUT2D eigenvalue weighted by Gasteiger charge is 2.11. The third-order valence-electron chi connectivity index (χ3n) is 2.14. The summed E-state index contributed by atoms with van der Waals surface area (Å²) in [6, 6.07) is 5.86. The van der Waals surface area contributed by atoms with E-state index in [4.69, 9.17) is 6.42 Å². The molecule has 0 saturated heterocycles. The van der Waals surface area contributed by atoms with Gasteiger partial charge in [-0.2, -0.15) is 0 Å².